The minimum absolute atomic E-state index is 0.636. The van der Waals surface area contributed by atoms with E-state index in [4.69, 9.17) is 15.0 Å². The average Bonchev–Trinajstić information content (AvgIpc) is 3.61. The van der Waals surface area contributed by atoms with Crippen LogP contribution < -0.4 is 0 Å². The van der Waals surface area contributed by atoms with Crippen molar-refractivity contribution in [1.29, 1.82) is 0 Å². The zero-order valence-electron chi connectivity index (χ0n) is 29.9. The van der Waals surface area contributed by atoms with Crippen molar-refractivity contribution in [3.8, 4) is 73.2 Å². The number of para-hydroxylation sites is 3. The van der Waals surface area contributed by atoms with Crippen molar-refractivity contribution in [2.45, 2.75) is 0 Å². The fraction of sp³-hybridized carbons (Fsp3) is 0. The number of fused-ring (bicyclic) bond motifs is 3. The van der Waals surface area contributed by atoms with Crippen LogP contribution in [-0.4, -0.2) is 19.5 Å². The van der Waals surface area contributed by atoms with Gasteiger partial charge in [0.05, 0.1) is 16.7 Å². The van der Waals surface area contributed by atoms with Crippen LogP contribution in [0.3, 0.4) is 0 Å². The van der Waals surface area contributed by atoms with Gasteiger partial charge in [0.1, 0.15) is 0 Å². The minimum Gasteiger partial charge on any atom is -0.309 e. The van der Waals surface area contributed by atoms with Crippen LogP contribution in [0.5, 0.6) is 0 Å². The summed E-state index contributed by atoms with van der Waals surface area (Å²) in [5, 5.41) is 2.51. The topological polar surface area (TPSA) is 43.6 Å². The average molecular weight is 703 g/mol. The molecule has 0 aliphatic heterocycles. The molecule has 0 saturated carbocycles. The van der Waals surface area contributed by atoms with Gasteiger partial charge in [-0.05, 0) is 52.1 Å². The standard InChI is InChI=1S/C51H34N4/c1-3-14-35(15-4-1)36-26-30-39(31-27-36)50-52-49(38-16-5-2-6-17-38)53-51(54-50)40-32-28-37(29-33-40)41-18-13-19-42(34-41)43-20-7-10-23-46(43)55-47-24-11-8-21-44(47)45-22-9-12-25-48(45)55/h1-34H. The lowest BCUT2D eigenvalue weighted by Crippen LogP contribution is -2.00. The van der Waals surface area contributed by atoms with Gasteiger partial charge in [-0.2, -0.15) is 0 Å². The van der Waals surface area contributed by atoms with Gasteiger partial charge in [-0.15, -0.1) is 0 Å². The van der Waals surface area contributed by atoms with Crippen LogP contribution in [0.2, 0.25) is 0 Å². The van der Waals surface area contributed by atoms with Crippen molar-refractivity contribution in [2.75, 3.05) is 0 Å². The number of aromatic nitrogens is 4. The predicted molar refractivity (Wildman–Crippen MR) is 227 cm³/mol. The molecule has 0 bridgehead atoms. The van der Waals surface area contributed by atoms with Gasteiger partial charge in [0, 0.05) is 33.0 Å². The van der Waals surface area contributed by atoms with Crippen molar-refractivity contribution in [3.05, 3.63) is 206 Å². The van der Waals surface area contributed by atoms with Gasteiger partial charge in [-0.25, -0.2) is 15.0 Å². The summed E-state index contributed by atoms with van der Waals surface area (Å²) in [6.45, 7) is 0. The molecular formula is C51H34N4. The summed E-state index contributed by atoms with van der Waals surface area (Å²) in [4.78, 5) is 14.9. The molecule has 10 rings (SSSR count). The molecule has 2 aromatic heterocycles. The minimum atomic E-state index is 0.636. The summed E-state index contributed by atoms with van der Waals surface area (Å²) in [5.41, 5.74) is 13.3. The Morgan fingerprint density at radius 1 is 0.273 bits per heavy atom. The quantitative estimate of drug-likeness (QED) is 0.166. The highest BCUT2D eigenvalue weighted by atomic mass is 15.0. The van der Waals surface area contributed by atoms with E-state index in [0.717, 1.165) is 44.6 Å². The third-order valence-corrected chi connectivity index (χ3v) is 10.3. The molecule has 10 aromatic rings. The lowest BCUT2D eigenvalue weighted by Gasteiger charge is -2.15. The lowest BCUT2D eigenvalue weighted by atomic mass is 9.97. The summed E-state index contributed by atoms with van der Waals surface area (Å²) >= 11 is 0. The molecule has 55 heavy (non-hydrogen) atoms. The molecule has 4 nitrogen and oxygen atoms in total. The highest BCUT2D eigenvalue weighted by Crippen LogP contribution is 2.37. The van der Waals surface area contributed by atoms with Gasteiger partial charge in [0.15, 0.2) is 17.5 Å². The van der Waals surface area contributed by atoms with E-state index >= 15 is 0 Å². The SMILES string of the molecule is c1ccc(-c2ccc(-c3nc(-c4ccccc4)nc(-c4ccc(-c5cccc(-c6ccccc6-n6c7ccccc7c7ccccc76)c5)cc4)n3)cc2)cc1. The molecule has 2 heterocycles. The van der Waals surface area contributed by atoms with Crippen molar-refractivity contribution in [3.63, 3.8) is 0 Å². The Labute approximate surface area is 319 Å². The first-order valence-corrected chi connectivity index (χ1v) is 18.5. The number of hydrogen-bond donors (Lipinski definition) is 0. The Hall–Kier alpha value is -7.43. The molecule has 0 fully saturated rings. The molecule has 0 atom stereocenters. The highest BCUT2D eigenvalue weighted by Gasteiger charge is 2.16. The van der Waals surface area contributed by atoms with Gasteiger partial charge in [-0.1, -0.05) is 182 Å². The Morgan fingerprint density at radius 2 is 0.655 bits per heavy atom. The Bertz CT molecular complexity index is 2900. The van der Waals surface area contributed by atoms with E-state index in [-0.39, 0.29) is 0 Å². The van der Waals surface area contributed by atoms with E-state index in [9.17, 15) is 0 Å². The number of hydrogen-bond acceptors (Lipinski definition) is 3. The molecule has 4 heteroatoms. The van der Waals surface area contributed by atoms with E-state index in [1.165, 1.54) is 32.9 Å². The summed E-state index contributed by atoms with van der Waals surface area (Å²) < 4.78 is 2.39. The maximum atomic E-state index is 5.01. The first kappa shape index (κ1) is 32.2. The van der Waals surface area contributed by atoms with E-state index in [1.54, 1.807) is 0 Å². The monoisotopic (exact) mass is 702 g/mol. The molecule has 0 unspecified atom stereocenters. The second-order valence-corrected chi connectivity index (χ2v) is 13.7. The van der Waals surface area contributed by atoms with Gasteiger partial charge in [-0.3, -0.25) is 0 Å². The first-order chi connectivity index (χ1) is 27.3. The Kier molecular flexibility index (Phi) is 8.12. The first-order valence-electron chi connectivity index (χ1n) is 18.5. The summed E-state index contributed by atoms with van der Waals surface area (Å²) in [5.74, 6) is 1.92. The summed E-state index contributed by atoms with van der Waals surface area (Å²) in [7, 11) is 0. The fourth-order valence-electron chi connectivity index (χ4n) is 7.57. The molecule has 0 amide bonds. The zero-order chi connectivity index (χ0) is 36.6. The maximum Gasteiger partial charge on any atom is 0.164 e. The summed E-state index contributed by atoms with van der Waals surface area (Å²) in [6, 6.07) is 72.3. The van der Waals surface area contributed by atoms with Gasteiger partial charge in [0.25, 0.3) is 0 Å². The Balaban J connectivity index is 1.01. The molecule has 0 aliphatic rings. The van der Waals surface area contributed by atoms with Crippen molar-refractivity contribution in [1.82, 2.24) is 19.5 Å². The number of nitrogens with zero attached hydrogens (tertiary/aromatic N) is 4. The molecule has 0 N–H and O–H groups in total. The fourth-order valence-corrected chi connectivity index (χ4v) is 7.57. The summed E-state index contributed by atoms with van der Waals surface area (Å²) in [6.07, 6.45) is 0. The lowest BCUT2D eigenvalue weighted by molar-refractivity contribution is 1.07. The third-order valence-electron chi connectivity index (χ3n) is 10.3. The third kappa shape index (κ3) is 6.06. The number of benzene rings is 8. The van der Waals surface area contributed by atoms with Crippen molar-refractivity contribution in [2.24, 2.45) is 0 Å². The highest BCUT2D eigenvalue weighted by molar-refractivity contribution is 6.09. The van der Waals surface area contributed by atoms with Crippen LogP contribution >= 0.6 is 0 Å². The normalized spacial score (nSPS) is 11.3. The maximum absolute atomic E-state index is 5.01. The zero-order valence-corrected chi connectivity index (χ0v) is 29.9. The Morgan fingerprint density at radius 3 is 1.24 bits per heavy atom. The largest absolute Gasteiger partial charge is 0.309 e. The predicted octanol–water partition coefficient (Wildman–Crippen LogP) is 13.0. The van der Waals surface area contributed by atoms with Gasteiger partial charge < -0.3 is 4.57 Å². The van der Waals surface area contributed by atoms with E-state index in [0.29, 0.717) is 17.5 Å². The van der Waals surface area contributed by atoms with Crippen LogP contribution in [-0.2, 0) is 0 Å². The van der Waals surface area contributed by atoms with Crippen LogP contribution in [0.25, 0.3) is 95.0 Å². The second kappa shape index (κ2) is 13.8. The molecule has 258 valence electrons. The van der Waals surface area contributed by atoms with Crippen molar-refractivity contribution >= 4 is 21.8 Å². The van der Waals surface area contributed by atoms with Crippen LogP contribution in [0, 0.1) is 0 Å². The van der Waals surface area contributed by atoms with E-state index in [1.807, 2.05) is 36.4 Å². The molecular weight excluding hydrogens is 669 g/mol. The van der Waals surface area contributed by atoms with Gasteiger partial charge >= 0.3 is 0 Å². The van der Waals surface area contributed by atoms with E-state index in [2.05, 4.69) is 174 Å². The van der Waals surface area contributed by atoms with Crippen LogP contribution in [0.4, 0.5) is 0 Å². The van der Waals surface area contributed by atoms with E-state index < -0.39 is 0 Å². The molecule has 0 spiro atoms. The molecule has 0 radical (unpaired) electrons. The second-order valence-electron chi connectivity index (χ2n) is 13.7. The van der Waals surface area contributed by atoms with Crippen molar-refractivity contribution < 1.29 is 0 Å². The molecule has 8 aromatic carbocycles. The van der Waals surface area contributed by atoms with Crippen LogP contribution in [0.15, 0.2) is 206 Å². The smallest absolute Gasteiger partial charge is 0.164 e. The van der Waals surface area contributed by atoms with Gasteiger partial charge in [0.2, 0.25) is 0 Å². The molecule has 0 saturated heterocycles. The molecule has 0 aliphatic carbocycles. The number of rotatable bonds is 7. The van der Waals surface area contributed by atoms with Crippen LogP contribution in [0.1, 0.15) is 0 Å².